The van der Waals surface area contributed by atoms with E-state index in [2.05, 4.69) is 22.3 Å². The molecule has 0 radical (unpaired) electrons. The number of hydrogen-bond donors (Lipinski definition) is 2. The Morgan fingerprint density at radius 3 is 2.68 bits per heavy atom. The van der Waals surface area contributed by atoms with Crippen molar-refractivity contribution in [2.24, 2.45) is 5.41 Å². The van der Waals surface area contributed by atoms with E-state index in [1.165, 1.54) is 32.1 Å². The zero-order chi connectivity index (χ0) is 26.2. The summed E-state index contributed by atoms with van der Waals surface area (Å²) in [6.45, 7) is 8.56. The first-order valence-electron chi connectivity index (χ1n) is 13.1. The van der Waals surface area contributed by atoms with Crippen molar-refractivity contribution in [3.63, 3.8) is 0 Å². The van der Waals surface area contributed by atoms with Crippen molar-refractivity contribution in [3.8, 4) is 28.4 Å². The van der Waals surface area contributed by atoms with Crippen molar-refractivity contribution in [1.82, 2.24) is 20.4 Å². The number of anilines is 1. The molecule has 0 amide bonds. The molecule has 0 bridgehead atoms. The summed E-state index contributed by atoms with van der Waals surface area (Å²) in [5.74, 6) is 2.81. The molecule has 5 rings (SSSR count). The molecule has 1 aliphatic heterocycles. The molecule has 2 aromatic heterocycles. The molecule has 1 saturated heterocycles. The van der Waals surface area contributed by atoms with Gasteiger partial charge in [-0.2, -0.15) is 0 Å². The minimum Gasteiger partial charge on any atom is -0.491 e. The predicted molar refractivity (Wildman–Crippen MR) is 145 cm³/mol. The Morgan fingerprint density at radius 1 is 1.19 bits per heavy atom. The predicted octanol–water partition coefficient (Wildman–Crippen LogP) is 5.11. The lowest BCUT2D eigenvalue weighted by molar-refractivity contribution is 0.108. The molecule has 8 nitrogen and oxygen atoms in total. The summed E-state index contributed by atoms with van der Waals surface area (Å²) in [5.41, 5.74) is 4.62. The van der Waals surface area contributed by atoms with Crippen LogP contribution in [0, 0.1) is 26.2 Å². The van der Waals surface area contributed by atoms with E-state index in [0.29, 0.717) is 34.1 Å². The van der Waals surface area contributed by atoms with Gasteiger partial charge in [0.2, 0.25) is 0 Å². The summed E-state index contributed by atoms with van der Waals surface area (Å²) in [5, 5.41) is 17.7. The van der Waals surface area contributed by atoms with Gasteiger partial charge in [0.15, 0.2) is 5.82 Å². The Hall–Kier alpha value is -2.68. The summed E-state index contributed by atoms with van der Waals surface area (Å²) >= 11 is 6.69. The SMILES string of the molecule is CNC[C@@H](O)COc1ccc(Cl)c(-c2nc(-c3c(C)noc3C)c(C)c(N3CCC4(CCCC4)C3)n2)c1. The number of ether oxygens (including phenoxy) is 1. The fourth-order valence-electron chi connectivity index (χ4n) is 5.90. The third-order valence-electron chi connectivity index (χ3n) is 7.85. The van der Waals surface area contributed by atoms with Gasteiger partial charge in [-0.25, -0.2) is 9.97 Å². The molecule has 2 fully saturated rings. The molecule has 1 aromatic carbocycles. The fourth-order valence-corrected chi connectivity index (χ4v) is 6.10. The van der Waals surface area contributed by atoms with E-state index < -0.39 is 6.10 Å². The van der Waals surface area contributed by atoms with Gasteiger partial charge in [0.1, 0.15) is 30.0 Å². The topological polar surface area (TPSA) is 96.5 Å². The standard InChI is InChI=1S/C28H36ClN5O3/c1-17-25(24-18(2)33-37-19(24)3)31-26(32-27(17)34-12-11-28(16-34)9-5-6-10-28)22-13-21(7-8-23(22)29)36-15-20(35)14-30-4/h7-8,13,20,30,35H,5-6,9-12,14-16H2,1-4H3/t20-/m1/s1. The Morgan fingerprint density at radius 2 is 1.97 bits per heavy atom. The number of nitrogens with one attached hydrogen (secondary N) is 1. The number of benzene rings is 1. The van der Waals surface area contributed by atoms with Crippen LogP contribution in [0.25, 0.3) is 22.6 Å². The van der Waals surface area contributed by atoms with Gasteiger partial charge in [-0.3, -0.25) is 0 Å². The van der Waals surface area contributed by atoms with Gasteiger partial charge < -0.3 is 24.6 Å². The van der Waals surface area contributed by atoms with Crippen LogP contribution < -0.4 is 15.0 Å². The highest BCUT2D eigenvalue weighted by Crippen LogP contribution is 2.47. The summed E-state index contributed by atoms with van der Waals surface area (Å²) in [6.07, 6.45) is 5.81. The molecule has 0 unspecified atom stereocenters. The highest BCUT2D eigenvalue weighted by atomic mass is 35.5. The second kappa shape index (κ2) is 10.6. The van der Waals surface area contributed by atoms with E-state index in [1.807, 2.05) is 19.9 Å². The van der Waals surface area contributed by atoms with Crippen LogP contribution in [0.3, 0.4) is 0 Å². The Bertz CT molecular complexity index is 1250. The van der Waals surface area contributed by atoms with Crippen LogP contribution in [-0.4, -0.2) is 59.6 Å². The third kappa shape index (κ3) is 5.19. The van der Waals surface area contributed by atoms with Crippen LogP contribution in [0.4, 0.5) is 5.82 Å². The lowest BCUT2D eigenvalue weighted by Crippen LogP contribution is -2.29. The number of halogens is 1. The second-order valence-corrected chi connectivity index (χ2v) is 11.0. The van der Waals surface area contributed by atoms with Crippen molar-refractivity contribution in [2.45, 2.75) is 59.0 Å². The molecule has 1 saturated carbocycles. The largest absolute Gasteiger partial charge is 0.491 e. The van der Waals surface area contributed by atoms with Gasteiger partial charge in [0.05, 0.1) is 22.0 Å². The van der Waals surface area contributed by atoms with E-state index in [-0.39, 0.29) is 6.61 Å². The Balaban J connectivity index is 1.57. The Labute approximate surface area is 223 Å². The van der Waals surface area contributed by atoms with Crippen LogP contribution in [0.2, 0.25) is 5.02 Å². The smallest absolute Gasteiger partial charge is 0.163 e. The van der Waals surface area contributed by atoms with E-state index in [4.69, 9.17) is 30.8 Å². The molecule has 37 heavy (non-hydrogen) atoms. The number of nitrogens with zero attached hydrogens (tertiary/aromatic N) is 4. The molecule has 198 valence electrons. The highest BCUT2D eigenvalue weighted by Gasteiger charge is 2.41. The van der Waals surface area contributed by atoms with Crippen LogP contribution in [0.5, 0.6) is 5.75 Å². The maximum atomic E-state index is 10.1. The first-order valence-corrected chi connectivity index (χ1v) is 13.5. The molecule has 1 atom stereocenters. The number of aliphatic hydroxyl groups excluding tert-OH is 1. The molecule has 9 heteroatoms. The van der Waals surface area contributed by atoms with Crippen molar-refractivity contribution in [2.75, 3.05) is 38.2 Å². The number of likely N-dealkylation sites (N-methyl/N-ethyl adjacent to an activating group) is 1. The molecule has 2 N–H and O–H groups in total. The third-order valence-corrected chi connectivity index (χ3v) is 8.18. The first-order chi connectivity index (χ1) is 17.8. The minimum atomic E-state index is -0.615. The van der Waals surface area contributed by atoms with Gasteiger partial charge in [-0.1, -0.05) is 29.6 Å². The van der Waals surface area contributed by atoms with Crippen molar-refractivity contribution < 1.29 is 14.4 Å². The van der Waals surface area contributed by atoms with Crippen molar-refractivity contribution in [3.05, 3.63) is 40.2 Å². The van der Waals surface area contributed by atoms with Crippen LogP contribution in [0.1, 0.15) is 49.1 Å². The van der Waals surface area contributed by atoms with Gasteiger partial charge in [-0.15, -0.1) is 0 Å². The molecule has 1 aliphatic carbocycles. The average Bonchev–Trinajstić information content (AvgIpc) is 3.61. The van der Waals surface area contributed by atoms with Gasteiger partial charge in [0, 0.05) is 30.8 Å². The second-order valence-electron chi connectivity index (χ2n) is 10.6. The summed E-state index contributed by atoms with van der Waals surface area (Å²) in [7, 11) is 1.79. The zero-order valence-electron chi connectivity index (χ0n) is 22.1. The van der Waals surface area contributed by atoms with E-state index in [1.54, 1.807) is 19.2 Å². The molecule has 1 spiro atoms. The molecule has 3 heterocycles. The number of aliphatic hydroxyl groups is 1. The van der Waals surface area contributed by atoms with E-state index in [9.17, 15) is 5.11 Å². The average molecular weight is 526 g/mol. The lowest BCUT2D eigenvalue weighted by atomic mass is 9.86. The minimum absolute atomic E-state index is 0.169. The first kappa shape index (κ1) is 25.9. The van der Waals surface area contributed by atoms with Gasteiger partial charge in [0.25, 0.3) is 0 Å². The van der Waals surface area contributed by atoms with Gasteiger partial charge >= 0.3 is 0 Å². The van der Waals surface area contributed by atoms with Gasteiger partial charge in [-0.05, 0) is 70.7 Å². The van der Waals surface area contributed by atoms with Crippen molar-refractivity contribution >= 4 is 17.4 Å². The van der Waals surface area contributed by atoms with E-state index >= 15 is 0 Å². The van der Waals surface area contributed by atoms with Crippen molar-refractivity contribution in [1.29, 1.82) is 0 Å². The Kier molecular flexibility index (Phi) is 7.43. The number of rotatable bonds is 8. The summed E-state index contributed by atoms with van der Waals surface area (Å²) < 4.78 is 11.4. The van der Waals surface area contributed by atoms with Crippen LogP contribution in [0.15, 0.2) is 22.7 Å². The number of aryl methyl sites for hydroxylation is 2. The van der Waals surface area contributed by atoms with Crippen LogP contribution in [-0.2, 0) is 0 Å². The molecule has 2 aliphatic rings. The summed E-state index contributed by atoms with van der Waals surface area (Å²) in [4.78, 5) is 12.5. The maximum absolute atomic E-state index is 10.1. The number of hydrogen-bond acceptors (Lipinski definition) is 8. The number of aromatic nitrogens is 3. The fraction of sp³-hybridized carbons (Fsp3) is 0.536. The molecule has 3 aromatic rings. The normalized spacial score (nSPS) is 17.6. The quantitative estimate of drug-likeness (QED) is 0.419. The lowest BCUT2D eigenvalue weighted by Gasteiger charge is -2.26. The maximum Gasteiger partial charge on any atom is 0.163 e. The summed E-state index contributed by atoms with van der Waals surface area (Å²) in [6, 6.07) is 5.44. The molecular formula is C28H36ClN5O3. The van der Waals surface area contributed by atoms with E-state index in [0.717, 1.165) is 47.2 Å². The molecular weight excluding hydrogens is 490 g/mol. The van der Waals surface area contributed by atoms with Crippen LogP contribution >= 0.6 is 11.6 Å². The zero-order valence-corrected chi connectivity index (χ0v) is 22.9. The highest BCUT2D eigenvalue weighted by molar-refractivity contribution is 6.33. The monoisotopic (exact) mass is 525 g/mol.